The van der Waals surface area contributed by atoms with E-state index in [0.717, 1.165) is 0 Å². The van der Waals surface area contributed by atoms with Crippen LogP contribution in [0, 0.1) is 11.3 Å². The number of benzene rings is 1. The number of amides is 1. The summed E-state index contributed by atoms with van der Waals surface area (Å²) in [6.07, 6.45) is 1.63. The highest BCUT2D eigenvalue weighted by molar-refractivity contribution is 6.05. The fraction of sp³-hybridized carbons (Fsp3) is 0.214. The topological polar surface area (TPSA) is 79.9 Å². The van der Waals surface area contributed by atoms with Gasteiger partial charge in [0.25, 0.3) is 5.91 Å². The molecule has 0 radical (unpaired) electrons. The lowest BCUT2D eigenvalue weighted by Gasteiger charge is -2.09. The molecule has 2 aromatic rings. The van der Waals surface area contributed by atoms with Crippen LogP contribution in [0.25, 0.3) is 0 Å². The zero-order valence-electron chi connectivity index (χ0n) is 11.0. The van der Waals surface area contributed by atoms with Crippen molar-refractivity contribution in [3.8, 4) is 11.8 Å². The first kappa shape index (κ1) is 13.6. The van der Waals surface area contributed by atoms with E-state index < -0.39 is 0 Å². The lowest BCUT2D eigenvalue weighted by molar-refractivity contribution is 0.102. The molecule has 20 heavy (non-hydrogen) atoms. The molecular formula is C14H14N4O2. The third kappa shape index (κ3) is 3.14. The van der Waals surface area contributed by atoms with E-state index >= 15 is 0 Å². The summed E-state index contributed by atoms with van der Waals surface area (Å²) in [6, 6.07) is 10.6. The number of rotatable bonds is 5. The van der Waals surface area contributed by atoms with Gasteiger partial charge in [0.05, 0.1) is 18.2 Å². The second kappa shape index (κ2) is 6.38. The number of nitriles is 1. The van der Waals surface area contributed by atoms with Crippen molar-refractivity contribution in [2.45, 2.75) is 13.5 Å². The van der Waals surface area contributed by atoms with E-state index in [1.54, 1.807) is 30.5 Å². The third-order valence-corrected chi connectivity index (χ3v) is 2.55. The van der Waals surface area contributed by atoms with Gasteiger partial charge >= 0.3 is 0 Å². The molecule has 6 heteroatoms. The molecule has 102 valence electrons. The second-order valence-corrected chi connectivity index (χ2v) is 3.94. The zero-order valence-corrected chi connectivity index (χ0v) is 11.0. The molecule has 1 aromatic carbocycles. The predicted octanol–water partition coefficient (Wildman–Crippen LogP) is 2.06. The number of hydrogen-bond acceptors (Lipinski definition) is 4. The molecule has 6 nitrogen and oxygen atoms in total. The second-order valence-electron chi connectivity index (χ2n) is 3.94. The molecule has 0 aliphatic rings. The Morgan fingerprint density at radius 2 is 2.25 bits per heavy atom. The van der Waals surface area contributed by atoms with Crippen LogP contribution < -0.4 is 10.1 Å². The van der Waals surface area contributed by atoms with E-state index in [9.17, 15) is 4.79 Å². The normalized spacial score (nSPS) is 9.80. The summed E-state index contributed by atoms with van der Waals surface area (Å²) >= 11 is 0. The smallest absolute Gasteiger partial charge is 0.260 e. The largest absolute Gasteiger partial charge is 0.493 e. The molecule has 1 aromatic heterocycles. The van der Waals surface area contributed by atoms with Crippen molar-refractivity contribution < 1.29 is 9.53 Å². The third-order valence-electron chi connectivity index (χ3n) is 2.55. The maximum atomic E-state index is 12.2. The Balaban J connectivity index is 2.13. The molecular weight excluding hydrogens is 256 g/mol. The Morgan fingerprint density at radius 3 is 3.00 bits per heavy atom. The first-order valence-corrected chi connectivity index (χ1v) is 6.18. The van der Waals surface area contributed by atoms with E-state index in [2.05, 4.69) is 10.4 Å². The molecule has 0 fully saturated rings. The maximum Gasteiger partial charge on any atom is 0.260 e. The van der Waals surface area contributed by atoms with Crippen LogP contribution in [0.15, 0.2) is 36.5 Å². The molecule has 0 unspecified atom stereocenters. The van der Waals surface area contributed by atoms with Gasteiger partial charge in [0.2, 0.25) is 0 Å². The van der Waals surface area contributed by atoms with Crippen LogP contribution in [0.1, 0.15) is 17.3 Å². The Labute approximate surface area is 116 Å². The number of carbonyl (C=O) groups is 1. The number of nitrogens with one attached hydrogen (secondary N) is 1. The SMILES string of the molecule is CCOc1ccccc1C(=O)Nc1ccn(CC#N)n1. The number of ether oxygens (including phenoxy) is 1. The minimum absolute atomic E-state index is 0.144. The predicted molar refractivity (Wildman–Crippen MR) is 73.4 cm³/mol. The number of hydrogen-bond donors (Lipinski definition) is 1. The van der Waals surface area contributed by atoms with Crippen molar-refractivity contribution in [1.29, 1.82) is 5.26 Å². The Morgan fingerprint density at radius 1 is 1.45 bits per heavy atom. The van der Waals surface area contributed by atoms with Crippen LogP contribution in [-0.4, -0.2) is 22.3 Å². The molecule has 0 aliphatic heterocycles. The molecule has 0 atom stereocenters. The number of nitrogens with zero attached hydrogens (tertiary/aromatic N) is 3. The van der Waals surface area contributed by atoms with Crippen LogP contribution in [-0.2, 0) is 6.54 Å². The van der Waals surface area contributed by atoms with Crippen molar-refractivity contribution in [2.75, 3.05) is 11.9 Å². The van der Waals surface area contributed by atoms with E-state index in [0.29, 0.717) is 23.7 Å². The molecule has 1 N–H and O–H groups in total. The van der Waals surface area contributed by atoms with Crippen molar-refractivity contribution in [3.05, 3.63) is 42.1 Å². The van der Waals surface area contributed by atoms with Gasteiger partial charge in [0, 0.05) is 12.3 Å². The maximum absolute atomic E-state index is 12.2. The molecule has 1 amide bonds. The van der Waals surface area contributed by atoms with E-state index in [1.807, 2.05) is 19.1 Å². The summed E-state index contributed by atoms with van der Waals surface area (Å²) < 4.78 is 6.86. The van der Waals surface area contributed by atoms with Crippen LogP contribution >= 0.6 is 0 Å². The number of para-hydroxylation sites is 1. The lowest BCUT2D eigenvalue weighted by Crippen LogP contribution is -2.14. The summed E-state index contributed by atoms with van der Waals surface area (Å²) in [5.41, 5.74) is 0.448. The Bertz CT molecular complexity index is 643. The van der Waals surface area contributed by atoms with Crippen molar-refractivity contribution >= 4 is 11.7 Å². The van der Waals surface area contributed by atoms with Gasteiger partial charge in [-0.25, -0.2) is 0 Å². The molecule has 0 aliphatic carbocycles. The van der Waals surface area contributed by atoms with Gasteiger partial charge < -0.3 is 10.1 Å². The lowest BCUT2D eigenvalue weighted by atomic mass is 10.2. The van der Waals surface area contributed by atoms with Crippen LogP contribution in [0.2, 0.25) is 0 Å². The van der Waals surface area contributed by atoms with Gasteiger partial charge in [-0.15, -0.1) is 0 Å². The van der Waals surface area contributed by atoms with Gasteiger partial charge in [0.1, 0.15) is 12.3 Å². The van der Waals surface area contributed by atoms with Crippen LogP contribution in [0.4, 0.5) is 5.82 Å². The minimum atomic E-state index is -0.295. The highest BCUT2D eigenvalue weighted by atomic mass is 16.5. The fourth-order valence-corrected chi connectivity index (χ4v) is 1.71. The minimum Gasteiger partial charge on any atom is -0.493 e. The summed E-state index contributed by atoms with van der Waals surface area (Å²) in [5, 5.41) is 15.3. The monoisotopic (exact) mass is 270 g/mol. The molecule has 1 heterocycles. The average Bonchev–Trinajstić information content (AvgIpc) is 2.87. The summed E-state index contributed by atoms with van der Waals surface area (Å²) in [5.74, 6) is 0.636. The van der Waals surface area contributed by atoms with Gasteiger partial charge in [-0.2, -0.15) is 10.4 Å². The molecule has 2 rings (SSSR count). The quantitative estimate of drug-likeness (QED) is 0.901. The number of carbonyl (C=O) groups excluding carboxylic acids is 1. The summed E-state index contributed by atoms with van der Waals surface area (Å²) in [6.45, 7) is 2.49. The van der Waals surface area contributed by atoms with Gasteiger partial charge in [-0.05, 0) is 19.1 Å². The molecule has 0 saturated carbocycles. The average molecular weight is 270 g/mol. The number of aromatic nitrogens is 2. The Kier molecular flexibility index (Phi) is 4.35. The van der Waals surface area contributed by atoms with E-state index in [1.165, 1.54) is 4.68 Å². The fourth-order valence-electron chi connectivity index (χ4n) is 1.71. The van der Waals surface area contributed by atoms with Gasteiger partial charge in [-0.3, -0.25) is 9.48 Å². The van der Waals surface area contributed by atoms with E-state index in [4.69, 9.17) is 10.00 Å². The standard InChI is InChI=1S/C14H14N4O2/c1-2-20-12-6-4-3-5-11(12)14(19)16-13-7-9-18(17-13)10-8-15/h3-7,9H,2,10H2,1H3,(H,16,17,19). The molecule has 0 saturated heterocycles. The van der Waals surface area contributed by atoms with Crippen LogP contribution in [0.5, 0.6) is 5.75 Å². The highest BCUT2D eigenvalue weighted by Crippen LogP contribution is 2.19. The first-order chi connectivity index (χ1) is 9.74. The summed E-state index contributed by atoms with van der Waals surface area (Å²) in [7, 11) is 0. The zero-order chi connectivity index (χ0) is 14.4. The van der Waals surface area contributed by atoms with Gasteiger partial charge in [0.15, 0.2) is 5.82 Å². The first-order valence-electron chi connectivity index (χ1n) is 6.18. The van der Waals surface area contributed by atoms with Crippen LogP contribution in [0.3, 0.4) is 0 Å². The Hall–Kier alpha value is -2.81. The van der Waals surface area contributed by atoms with E-state index in [-0.39, 0.29) is 12.5 Å². The van der Waals surface area contributed by atoms with Gasteiger partial charge in [-0.1, -0.05) is 12.1 Å². The number of anilines is 1. The molecule has 0 bridgehead atoms. The van der Waals surface area contributed by atoms with Crippen molar-refractivity contribution in [1.82, 2.24) is 9.78 Å². The van der Waals surface area contributed by atoms with Crippen molar-refractivity contribution in [2.24, 2.45) is 0 Å². The summed E-state index contributed by atoms with van der Waals surface area (Å²) in [4.78, 5) is 12.2. The van der Waals surface area contributed by atoms with Crippen molar-refractivity contribution in [3.63, 3.8) is 0 Å². The highest BCUT2D eigenvalue weighted by Gasteiger charge is 2.13. The molecule has 0 spiro atoms.